The molecule has 0 spiro atoms. The van der Waals surface area contributed by atoms with E-state index >= 15 is 0 Å². The van der Waals surface area contributed by atoms with Gasteiger partial charge in [-0.25, -0.2) is 5.43 Å². The summed E-state index contributed by atoms with van der Waals surface area (Å²) in [5, 5.41) is 6.17. The summed E-state index contributed by atoms with van der Waals surface area (Å²) < 4.78 is 13.1. The summed E-state index contributed by atoms with van der Waals surface area (Å²) in [7, 11) is 0. The minimum Gasteiger partial charge on any atom is -0.480 e. The molecule has 5 nitrogen and oxygen atoms in total. The number of hydrazone groups is 1. The SMILES string of the molecule is C#CCOc1ccc(Br)cc1C=NNC(=O)[C@@H](CC)Oc1ccc2ccccc2c1Br. The maximum absolute atomic E-state index is 12.6. The van der Waals surface area contributed by atoms with Crippen LogP contribution in [0.1, 0.15) is 18.9 Å². The molecule has 0 bridgehead atoms. The van der Waals surface area contributed by atoms with Gasteiger partial charge in [0.1, 0.15) is 18.1 Å². The molecule has 3 aromatic carbocycles. The fourth-order valence-electron chi connectivity index (χ4n) is 2.89. The predicted octanol–water partition coefficient (Wildman–Crippen LogP) is 5.68. The third-order valence-electron chi connectivity index (χ3n) is 4.42. The van der Waals surface area contributed by atoms with Crippen molar-refractivity contribution in [3.05, 3.63) is 69.1 Å². The summed E-state index contributed by atoms with van der Waals surface area (Å²) in [4.78, 5) is 12.6. The topological polar surface area (TPSA) is 59.9 Å². The number of nitrogens with zero attached hydrogens (tertiary/aromatic N) is 1. The second-order valence-electron chi connectivity index (χ2n) is 6.52. The van der Waals surface area contributed by atoms with E-state index in [2.05, 4.69) is 48.3 Å². The fraction of sp³-hybridized carbons (Fsp3) is 0.167. The van der Waals surface area contributed by atoms with Crippen molar-refractivity contribution in [1.29, 1.82) is 0 Å². The minimum absolute atomic E-state index is 0.140. The number of ether oxygens (including phenoxy) is 2. The molecular weight excluding hydrogens is 524 g/mol. The Labute approximate surface area is 198 Å². The van der Waals surface area contributed by atoms with Gasteiger partial charge in [-0.05, 0) is 57.4 Å². The lowest BCUT2D eigenvalue weighted by Crippen LogP contribution is -2.35. The van der Waals surface area contributed by atoms with Crippen molar-refractivity contribution in [2.75, 3.05) is 6.61 Å². The van der Waals surface area contributed by atoms with Gasteiger partial charge in [-0.1, -0.05) is 59.1 Å². The summed E-state index contributed by atoms with van der Waals surface area (Å²) in [5.41, 5.74) is 3.22. The highest BCUT2D eigenvalue weighted by Gasteiger charge is 2.20. The first-order valence-electron chi connectivity index (χ1n) is 9.56. The first kappa shape index (κ1) is 22.9. The van der Waals surface area contributed by atoms with Crippen LogP contribution in [0.15, 0.2) is 68.6 Å². The smallest absolute Gasteiger partial charge is 0.281 e. The van der Waals surface area contributed by atoms with Gasteiger partial charge in [-0.2, -0.15) is 5.10 Å². The second kappa shape index (κ2) is 11.0. The van der Waals surface area contributed by atoms with E-state index in [-0.39, 0.29) is 12.5 Å². The summed E-state index contributed by atoms with van der Waals surface area (Å²) in [6.07, 6.45) is 6.54. The van der Waals surface area contributed by atoms with Crippen LogP contribution >= 0.6 is 31.9 Å². The predicted molar refractivity (Wildman–Crippen MR) is 131 cm³/mol. The standard InChI is InChI=1S/C24H20Br2N2O3/c1-3-13-30-21-12-10-18(25)14-17(21)15-27-28-24(29)20(4-2)31-22-11-9-16-7-5-6-8-19(16)23(22)26/h1,5-12,14-15,20H,4,13H2,2H3,(H,28,29)/t20-/m1/s1. The molecule has 0 aromatic heterocycles. The van der Waals surface area contributed by atoms with Crippen molar-refractivity contribution in [3.63, 3.8) is 0 Å². The normalized spacial score (nSPS) is 11.8. The number of hydrogen-bond donors (Lipinski definition) is 1. The van der Waals surface area contributed by atoms with Gasteiger partial charge in [0.15, 0.2) is 6.10 Å². The van der Waals surface area contributed by atoms with Crippen LogP contribution in [0.4, 0.5) is 0 Å². The molecule has 0 saturated carbocycles. The van der Waals surface area contributed by atoms with Crippen molar-refractivity contribution in [2.24, 2.45) is 5.10 Å². The molecule has 0 unspecified atom stereocenters. The molecule has 158 valence electrons. The van der Waals surface area contributed by atoms with Gasteiger partial charge >= 0.3 is 0 Å². The number of rotatable bonds is 8. The molecule has 3 aromatic rings. The number of fused-ring (bicyclic) bond motifs is 1. The highest BCUT2D eigenvalue weighted by molar-refractivity contribution is 9.11. The number of terminal acetylenes is 1. The molecule has 0 radical (unpaired) electrons. The molecule has 7 heteroatoms. The average Bonchev–Trinajstić information content (AvgIpc) is 2.78. The van der Waals surface area contributed by atoms with E-state index < -0.39 is 6.10 Å². The zero-order valence-corrected chi connectivity index (χ0v) is 19.9. The van der Waals surface area contributed by atoms with E-state index in [0.29, 0.717) is 23.5 Å². The van der Waals surface area contributed by atoms with Gasteiger partial charge in [0, 0.05) is 10.0 Å². The van der Waals surface area contributed by atoms with E-state index in [1.165, 1.54) is 6.21 Å². The van der Waals surface area contributed by atoms with Crippen molar-refractivity contribution >= 4 is 54.8 Å². The summed E-state index contributed by atoms with van der Waals surface area (Å²) >= 11 is 7.00. The van der Waals surface area contributed by atoms with Crippen LogP contribution in [0.5, 0.6) is 11.5 Å². The number of carbonyl (C=O) groups is 1. The first-order chi connectivity index (χ1) is 15.0. The van der Waals surface area contributed by atoms with Crippen LogP contribution in [-0.2, 0) is 4.79 Å². The monoisotopic (exact) mass is 542 g/mol. The number of carbonyl (C=O) groups excluding carboxylic acids is 1. The number of hydrogen-bond acceptors (Lipinski definition) is 4. The van der Waals surface area contributed by atoms with Gasteiger partial charge in [0.2, 0.25) is 0 Å². The van der Waals surface area contributed by atoms with Crippen molar-refractivity contribution in [3.8, 4) is 23.8 Å². The Morgan fingerprint density at radius 3 is 2.74 bits per heavy atom. The molecule has 31 heavy (non-hydrogen) atoms. The molecule has 3 rings (SSSR count). The van der Waals surface area contributed by atoms with Crippen LogP contribution in [-0.4, -0.2) is 24.8 Å². The lowest BCUT2D eigenvalue weighted by molar-refractivity contribution is -0.128. The number of nitrogens with one attached hydrogen (secondary N) is 1. The van der Waals surface area contributed by atoms with E-state index in [9.17, 15) is 4.79 Å². The highest BCUT2D eigenvalue weighted by Crippen LogP contribution is 2.33. The zero-order chi connectivity index (χ0) is 22.2. The molecule has 1 N–H and O–H groups in total. The molecular formula is C24H20Br2N2O3. The molecule has 0 saturated heterocycles. The number of amides is 1. The third-order valence-corrected chi connectivity index (χ3v) is 5.73. The Morgan fingerprint density at radius 1 is 1.19 bits per heavy atom. The van der Waals surface area contributed by atoms with Crippen LogP contribution < -0.4 is 14.9 Å². The highest BCUT2D eigenvalue weighted by atomic mass is 79.9. The Morgan fingerprint density at radius 2 is 1.97 bits per heavy atom. The van der Waals surface area contributed by atoms with E-state index in [1.54, 1.807) is 6.07 Å². The van der Waals surface area contributed by atoms with Crippen LogP contribution in [0, 0.1) is 12.3 Å². The summed E-state index contributed by atoms with van der Waals surface area (Å²) in [5.74, 6) is 3.25. The van der Waals surface area contributed by atoms with E-state index in [0.717, 1.165) is 19.7 Å². The zero-order valence-electron chi connectivity index (χ0n) is 16.8. The fourth-order valence-corrected chi connectivity index (χ4v) is 3.85. The van der Waals surface area contributed by atoms with Gasteiger partial charge in [0.25, 0.3) is 5.91 Å². The molecule has 0 fully saturated rings. The Balaban J connectivity index is 1.70. The van der Waals surface area contributed by atoms with Gasteiger partial charge in [-0.3, -0.25) is 4.79 Å². The molecule has 1 atom stereocenters. The quantitative estimate of drug-likeness (QED) is 0.226. The van der Waals surface area contributed by atoms with Crippen molar-refractivity contribution in [2.45, 2.75) is 19.4 Å². The minimum atomic E-state index is -0.700. The molecule has 0 aliphatic heterocycles. The lowest BCUT2D eigenvalue weighted by atomic mass is 10.1. The van der Waals surface area contributed by atoms with Gasteiger partial charge in [-0.15, -0.1) is 6.42 Å². The Bertz CT molecular complexity index is 1160. The molecule has 0 heterocycles. The van der Waals surface area contributed by atoms with Gasteiger partial charge < -0.3 is 9.47 Å². The molecule has 0 aliphatic rings. The van der Waals surface area contributed by atoms with Crippen molar-refractivity contribution in [1.82, 2.24) is 5.43 Å². The molecule has 0 aliphatic carbocycles. The van der Waals surface area contributed by atoms with Crippen molar-refractivity contribution < 1.29 is 14.3 Å². The van der Waals surface area contributed by atoms with E-state index in [4.69, 9.17) is 15.9 Å². The van der Waals surface area contributed by atoms with Crippen LogP contribution in [0.2, 0.25) is 0 Å². The second-order valence-corrected chi connectivity index (χ2v) is 8.23. The number of benzene rings is 3. The largest absolute Gasteiger partial charge is 0.480 e. The summed E-state index contributed by atoms with van der Waals surface area (Å²) in [6.45, 7) is 2.02. The van der Waals surface area contributed by atoms with Gasteiger partial charge in [0.05, 0.1) is 10.7 Å². The van der Waals surface area contributed by atoms with E-state index in [1.807, 2.05) is 55.5 Å². The third kappa shape index (κ3) is 5.87. The van der Waals surface area contributed by atoms with Crippen LogP contribution in [0.25, 0.3) is 10.8 Å². The Hall–Kier alpha value is -2.82. The van der Waals surface area contributed by atoms with Crippen LogP contribution in [0.3, 0.4) is 0 Å². The molecule has 1 amide bonds. The first-order valence-corrected chi connectivity index (χ1v) is 11.1. The average molecular weight is 544 g/mol. The number of halogens is 2. The maximum Gasteiger partial charge on any atom is 0.281 e. The Kier molecular flexibility index (Phi) is 8.10. The lowest BCUT2D eigenvalue weighted by Gasteiger charge is -2.17. The summed E-state index contributed by atoms with van der Waals surface area (Å²) in [6, 6.07) is 17.2. The maximum atomic E-state index is 12.6.